The van der Waals surface area contributed by atoms with Gasteiger partial charge in [0.1, 0.15) is 11.5 Å². The molecule has 2 aromatic rings. The van der Waals surface area contributed by atoms with Gasteiger partial charge in [-0.05, 0) is 56.3 Å². The average Bonchev–Trinajstić information content (AvgIpc) is 2.61. The molecule has 9 heteroatoms. The molecule has 0 fully saturated rings. The normalized spacial score (nSPS) is 10.9. The number of rotatable bonds is 7. The zero-order chi connectivity index (χ0) is 20.7. The number of nitriles is 1. The van der Waals surface area contributed by atoms with Crippen molar-refractivity contribution in [2.75, 3.05) is 17.2 Å². The molecule has 0 aliphatic carbocycles. The topological polar surface area (TPSA) is 83.4 Å². The van der Waals surface area contributed by atoms with Crippen molar-refractivity contribution in [3.05, 3.63) is 48.0 Å². The van der Waals surface area contributed by atoms with E-state index in [2.05, 4.69) is 15.4 Å². The molecule has 0 bridgehead atoms. The minimum absolute atomic E-state index is 0.0975. The van der Waals surface area contributed by atoms with Crippen LogP contribution in [0.4, 0.5) is 24.5 Å². The van der Waals surface area contributed by atoms with E-state index in [0.29, 0.717) is 22.7 Å². The van der Waals surface area contributed by atoms with E-state index in [1.54, 1.807) is 18.2 Å². The molecule has 2 rings (SSSR count). The first kappa shape index (κ1) is 20.9. The Kier molecular flexibility index (Phi) is 6.71. The van der Waals surface area contributed by atoms with Gasteiger partial charge in [0.25, 0.3) is 0 Å². The summed E-state index contributed by atoms with van der Waals surface area (Å²) in [7, 11) is 0. The zero-order valence-corrected chi connectivity index (χ0v) is 15.1. The fraction of sp³-hybridized carbons (Fsp3) is 0.263. The number of anilines is 2. The molecule has 0 heterocycles. The lowest BCUT2D eigenvalue weighted by molar-refractivity contribution is -0.274. The third-order valence-corrected chi connectivity index (χ3v) is 3.28. The molecule has 0 aromatic heterocycles. The fourth-order valence-electron chi connectivity index (χ4n) is 2.22. The Morgan fingerprint density at radius 1 is 1.18 bits per heavy atom. The van der Waals surface area contributed by atoms with E-state index >= 15 is 0 Å². The van der Waals surface area contributed by atoms with Gasteiger partial charge in [-0.15, -0.1) is 13.2 Å². The molecule has 0 aliphatic heterocycles. The van der Waals surface area contributed by atoms with Crippen LogP contribution in [0.1, 0.15) is 19.4 Å². The fourth-order valence-corrected chi connectivity index (χ4v) is 2.22. The first-order valence-corrected chi connectivity index (χ1v) is 8.26. The van der Waals surface area contributed by atoms with Gasteiger partial charge in [0.15, 0.2) is 0 Å². The second kappa shape index (κ2) is 8.99. The summed E-state index contributed by atoms with van der Waals surface area (Å²) in [5.41, 5.74) is 1.20. The van der Waals surface area contributed by atoms with Crippen LogP contribution in [0.2, 0.25) is 0 Å². The second-order valence-electron chi connectivity index (χ2n) is 5.96. The number of hydrogen-bond acceptors (Lipinski definition) is 5. The number of benzene rings is 2. The van der Waals surface area contributed by atoms with Gasteiger partial charge in [0.05, 0.1) is 30.0 Å². The molecule has 0 radical (unpaired) electrons. The first-order valence-electron chi connectivity index (χ1n) is 8.26. The lowest BCUT2D eigenvalue weighted by Gasteiger charge is -2.16. The molecule has 1 amide bonds. The number of carbonyl (C=O) groups excluding carboxylic acids is 1. The molecule has 2 N–H and O–H groups in total. The third kappa shape index (κ3) is 6.72. The predicted molar refractivity (Wildman–Crippen MR) is 97.2 cm³/mol. The molecule has 6 nitrogen and oxygen atoms in total. The number of nitrogens with zero attached hydrogens (tertiary/aromatic N) is 1. The summed E-state index contributed by atoms with van der Waals surface area (Å²) in [4.78, 5) is 12.1. The molecule has 0 aliphatic rings. The Morgan fingerprint density at radius 3 is 2.43 bits per heavy atom. The van der Waals surface area contributed by atoms with Crippen LogP contribution in [0.15, 0.2) is 42.5 Å². The zero-order valence-electron chi connectivity index (χ0n) is 15.1. The van der Waals surface area contributed by atoms with E-state index in [4.69, 9.17) is 10.00 Å². The van der Waals surface area contributed by atoms with Crippen molar-refractivity contribution < 1.29 is 27.4 Å². The number of carbonyl (C=O) groups is 1. The Bertz CT molecular complexity index is 859. The molecule has 2 aromatic carbocycles. The minimum Gasteiger partial charge on any atom is -0.489 e. The maximum absolute atomic E-state index is 12.1. The highest BCUT2D eigenvalue weighted by atomic mass is 19.4. The summed E-state index contributed by atoms with van der Waals surface area (Å²) >= 11 is 0. The number of hydrogen-bond donors (Lipinski definition) is 2. The number of nitrogens with one attached hydrogen (secondary N) is 2. The molecule has 148 valence electrons. The molecule has 28 heavy (non-hydrogen) atoms. The van der Waals surface area contributed by atoms with Crippen LogP contribution < -0.4 is 20.1 Å². The van der Waals surface area contributed by atoms with E-state index in [0.717, 1.165) is 12.1 Å². The van der Waals surface area contributed by atoms with Gasteiger partial charge in [-0.25, -0.2) is 0 Å². The monoisotopic (exact) mass is 393 g/mol. The van der Waals surface area contributed by atoms with Gasteiger partial charge in [0, 0.05) is 5.69 Å². The maximum Gasteiger partial charge on any atom is 0.573 e. The number of amides is 1. The van der Waals surface area contributed by atoms with Crippen LogP contribution >= 0.6 is 0 Å². The molecule has 0 saturated carbocycles. The van der Waals surface area contributed by atoms with Crippen molar-refractivity contribution in [1.29, 1.82) is 5.26 Å². The Morgan fingerprint density at radius 2 is 1.86 bits per heavy atom. The standard InChI is InChI=1S/C19H18F3N3O3/c1-12(2)27-17-8-3-13(10-23)9-16(17)24-11-18(26)25-14-4-6-15(7-5-14)28-19(20,21)22/h3-9,12,24H,11H2,1-2H3,(H,25,26). The molecular formula is C19H18F3N3O3. The van der Waals surface area contributed by atoms with Gasteiger partial charge >= 0.3 is 6.36 Å². The highest BCUT2D eigenvalue weighted by Crippen LogP contribution is 2.27. The maximum atomic E-state index is 12.1. The summed E-state index contributed by atoms with van der Waals surface area (Å²) in [6, 6.07) is 11.6. The minimum atomic E-state index is -4.78. The van der Waals surface area contributed by atoms with Crippen molar-refractivity contribution in [2.24, 2.45) is 0 Å². The second-order valence-corrected chi connectivity index (χ2v) is 5.96. The van der Waals surface area contributed by atoms with Crippen LogP contribution in [0.3, 0.4) is 0 Å². The molecule has 0 unspecified atom stereocenters. The van der Waals surface area contributed by atoms with Gasteiger partial charge < -0.3 is 20.1 Å². The number of alkyl halides is 3. The first-order chi connectivity index (χ1) is 13.2. The summed E-state index contributed by atoms with van der Waals surface area (Å²) in [5.74, 6) is -0.315. The largest absolute Gasteiger partial charge is 0.573 e. The highest BCUT2D eigenvalue weighted by molar-refractivity contribution is 5.94. The Hall–Kier alpha value is -3.41. The van der Waals surface area contributed by atoms with Crippen LogP contribution in [0.5, 0.6) is 11.5 Å². The summed E-state index contributed by atoms with van der Waals surface area (Å²) in [6.45, 7) is 3.56. The van der Waals surface area contributed by atoms with E-state index in [-0.39, 0.29) is 18.4 Å². The summed E-state index contributed by atoms with van der Waals surface area (Å²) in [5, 5.41) is 14.5. The van der Waals surface area contributed by atoms with Gasteiger partial charge in [-0.2, -0.15) is 5.26 Å². The Labute approximate surface area is 159 Å². The molecular weight excluding hydrogens is 375 g/mol. The van der Waals surface area contributed by atoms with Crippen molar-refractivity contribution in [3.8, 4) is 17.6 Å². The van der Waals surface area contributed by atoms with E-state index in [9.17, 15) is 18.0 Å². The SMILES string of the molecule is CC(C)Oc1ccc(C#N)cc1NCC(=O)Nc1ccc(OC(F)(F)F)cc1. The van der Waals surface area contributed by atoms with Crippen LogP contribution in [0.25, 0.3) is 0 Å². The summed E-state index contributed by atoms with van der Waals surface area (Å²) in [6.07, 6.45) is -4.87. The quantitative estimate of drug-likeness (QED) is 0.733. The smallest absolute Gasteiger partial charge is 0.489 e. The van der Waals surface area contributed by atoms with E-state index in [1.807, 2.05) is 19.9 Å². The Balaban J connectivity index is 1.98. The van der Waals surface area contributed by atoms with Crippen molar-refractivity contribution >= 4 is 17.3 Å². The van der Waals surface area contributed by atoms with Gasteiger partial charge in [-0.3, -0.25) is 4.79 Å². The lowest BCUT2D eigenvalue weighted by Crippen LogP contribution is -2.22. The molecule has 0 atom stereocenters. The van der Waals surface area contributed by atoms with Crippen molar-refractivity contribution in [2.45, 2.75) is 26.3 Å². The van der Waals surface area contributed by atoms with Gasteiger partial charge in [0.2, 0.25) is 5.91 Å². The third-order valence-electron chi connectivity index (χ3n) is 3.28. The summed E-state index contributed by atoms with van der Waals surface area (Å²) < 4.78 is 45.9. The predicted octanol–water partition coefficient (Wildman–Crippen LogP) is 4.29. The van der Waals surface area contributed by atoms with E-state index in [1.165, 1.54) is 12.1 Å². The van der Waals surface area contributed by atoms with Crippen molar-refractivity contribution in [1.82, 2.24) is 0 Å². The lowest BCUT2D eigenvalue weighted by atomic mass is 10.2. The average molecular weight is 393 g/mol. The number of ether oxygens (including phenoxy) is 2. The van der Waals surface area contributed by atoms with Crippen LogP contribution in [-0.4, -0.2) is 24.9 Å². The number of halogens is 3. The van der Waals surface area contributed by atoms with E-state index < -0.39 is 12.3 Å². The molecule has 0 spiro atoms. The van der Waals surface area contributed by atoms with Crippen LogP contribution in [0, 0.1) is 11.3 Å². The highest BCUT2D eigenvalue weighted by Gasteiger charge is 2.30. The van der Waals surface area contributed by atoms with Crippen LogP contribution in [-0.2, 0) is 4.79 Å². The molecule has 0 saturated heterocycles. The van der Waals surface area contributed by atoms with Crippen molar-refractivity contribution in [3.63, 3.8) is 0 Å². The van der Waals surface area contributed by atoms with Gasteiger partial charge in [-0.1, -0.05) is 0 Å².